The van der Waals surface area contributed by atoms with Gasteiger partial charge in [0.2, 0.25) is 0 Å². The third-order valence-electron chi connectivity index (χ3n) is 3.94. The molecule has 2 rings (SSSR count). The molecular weight excluding hydrogens is 298 g/mol. The molecule has 1 unspecified atom stereocenters. The van der Waals surface area contributed by atoms with Gasteiger partial charge in [-0.15, -0.1) is 0 Å². The average Bonchev–Trinajstić information content (AvgIpc) is 2.52. The molecule has 128 valence electrons. The van der Waals surface area contributed by atoms with Crippen LogP contribution in [-0.2, 0) is 11.2 Å². The van der Waals surface area contributed by atoms with Crippen LogP contribution in [0.15, 0.2) is 42.5 Å². The maximum Gasteiger partial charge on any atom is 0.260 e. The number of aryl methyl sites for hydroxylation is 4. The normalized spacial score (nSPS) is 11.8. The van der Waals surface area contributed by atoms with Crippen molar-refractivity contribution in [1.29, 1.82) is 0 Å². The minimum Gasteiger partial charge on any atom is -0.481 e. The van der Waals surface area contributed by atoms with Crippen molar-refractivity contribution in [3.05, 3.63) is 64.7 Å². The largest absolute Gasteiger partial charge is 0.481 e. The van der Waals surface area contributed by atoms with Gasteiger partial charge in [0.05, 0.1) is 0 Å². The highest BCUT2D eigenvalue weighted by atomic mass is 16.5. The van der Waals surface area contributed by atoms with E-state index in [-0.39, 0.29) is 5.91 Å². The summed E-state index contributed by atoms with van der Waals surface area (Å²) in [7, 11) is 0. The van der Waals surface area contributed by atoms with Gasteiger partial charge in [0.25, 0.3) is 5.91 Å². The van der Waals surface area contributed by atoms with Gasteiger partial charge < -0.3 is 10.1 Å². The molecule has 3 heteroatoms. The standard InChI is InChI=1S/C21H27NO2/c1-15-7-9-19(10-8-15)6-5-11-22-21(23)18(4)24-20-13-16(2)12-17(3)14-20/h7-10,12-14,18H,5-6,11H2,1-4H3,(H,22,23). The molecule has 24 heavy (non-hydrogen) atoms. The molecule has 0 fully saturated rings. The van der Waals surface area contributed by atoms with Gasteiger partial charge >= 0.3 is 0 Å². The molecule has 0 aliphatic carbocycles. The predicted octanol–water partition coefficient (Wildman–Crippen LogP) is 4.13. The zero-order valence-electron chi connectivity index (χ0n) is 15.1. The minimum absolute atomic E-state index is 0.0712. The van der Waals surface area contributed by atoms with Crippen molar-refractivity contribution in [3.63, 3.8) is 0 Å². The van der Waals surface area contributed by atoms with Crippen molar-refractivity contribution in [2.45, 2.75) is 46.6 Å². The van der Waals surface area contributed by atoms with Gasteiger partial charge in [-0.05, 0) is 69.4 Å². The first-order valence-electron chi connectivity index (χ1n) is 8.52. The summed E-state index contributed by atoms with van der Waals surface area (Å²) in [6.07, 6.45) is 1.39. The van der Waals surface area contributed by atoms with Gasteiger partial charge in [0, 0.05) is 6.54 Å². The molecule has 1 atom stereocenters. The number of hydrogen-bond donors (Lipinski definition) is 1. The summed E-state index contributed by atoms with van der Waals surface area (Å²) < 4.78 is 5.75. The van der Waals surface area contributed by atoms with E-state index in [0.717, 1.165) is 29.7 Å². The van der Waals surface area contributed by atoms with E-state index in [1.807, 2.05) is 26.0 Å². The van der Waals surface area contributed by atoms with E-state index in [1.54, 1.807) is 6.92 Å². The number of hydrogen-bond acceptors (Lipinski definition) is 2. The zero-order chi connectivity index (χ0) is 17.5. The van der Waals surface area contributed by atoms with Crippen molar-refractivity contribution >= 4 is 5.91 Å². The van der Waals surface area contributed by atoms with Crippen LogP contribution in [0.25, 0.3) is 0 Å². The molecule has 0 aliphatic rings. The quantitative estimate of drug-likeness (QED) is 0.777. The zero-order valence-corrected chi connectivity index (χ0v) is 15.1. The fourth-order valence-electron chi connectivity index (χ4n) is 2.66. The van der Waals surface area contributed by atoms with Gasteiger partial charge in [0.1, 0.15) is 5.75 Å². The highest BCUT2D eigenvalue weighted by Crippen LogP contribution is 2.17. The van der Waals surface area contributed by atoms with Crippen LogP contribution < -0.4 is 10.1 Å². The van der Waals surface area contributed by atoms with Crippen molar-refractivity contribution in [2.75, 3.05) is 6.54 Å². The van der Waals surface area contributed by atoms with E-state index in [4.69, 9.17) is 4.74 Å². The molecule has 0 aliphatic heterocycles. The Labute approximate surface area is 145 Å². The van der Waals surface area contributed by atoms with E-state index in [0.29, 0.717) is 6.54 Å². The van der Waals surface area contributed by atoms with E-state index in [9.17, 15) is 4.79 Å². The van der Waals surface area contributed by atoms with Gasteiger partial charge in [-0.3, -0.25) is 4.79 Å². The Kier molecular flexibility index (Phi) is 6.42. The molecule has 1 amide bonds. The lowest BCUT2D eigenvalue weighted by Gasteiger charge is -2.15. The number of ether oxygens (including phenoxy) is 1. The smallest absolute Gasteiger partial charge is 0.260 e. The van der Waals surface area contributed by atoms with Gasteiger partial charge in [0.15, 0.2) is 6.10 Å². The van der Waals surface area contributed by atoms with E-state index < -0.39 is 6.10 Å². The van der Waals surface area contributed by atoms with Crippen molar-refractivity contribution in [3.8, 4) is 5.75 Å². The lowest BCUT2D eigenvalue weighted by molar-refractivity contribution is -0.127. The second kappa shape index (κ2) is 8.53. The molecule has 2 aromatic carbocycles. The Morgan fingerprint density at radius 2 is 1.62 bits per heavy atom. The Morgan fingerprint density at radius 1 is 1.00 bits per heavy atom. The predicted molar refractivity (Wildman–Crippen MR) is 98.5 cm³/mol. The number of benzene rings is 2. The molecule has 0 spiro atoms. The van der Waals surface area contributed by atoms with E-state index in [1.165, 1.54) is 11.1 Å². The fourth-order valence-corrected chi connectivity index (χ4v) is 2.66. The Bertz CT molecular complexity index is 656. The number of amides is 1. The van der Waals surface area contributed by atoms with Gasteiger partial charge in [-0.1, -0.05) is 35.9 Å². The first-order valence-corrected chi connectivity index (χ1v) is 8.52. The van der Waals surface area contributed by atoms with Crippen LogP contribution in [0.5, 0.6) is 5.75 Å². The summed E-state index contributed by atoms with van der Waals surface area (Å²) in [6.45, 7) is 8.58. The average molecular weight is 325 g/mol. The first-order chi connectivity index (χ1) is 11.4. The topological polar surface area (TPSA) is 38.3 Å². The monoisotopic (exact) mass is 325 g/mol. The lowest BCUT2D eigenvalue weighted by Crippen LogP contribution is -2.37. The molecule has 0 saturated carbocycles. The lowest BCUT2D eigenvalue weighted by atomic mass is 10.1. The third-order valence-corrected chi connectivity index (χ3v) is 3.94. The molecule has 0 heterocycles. The maximum atomic E-state index is 12.1. The second-order valence-electron chi connectivity index (χ2n) is 6.46. The fraction of sp³-hybridized carbons (Fsp3) is 0.381. The number of nitrogens with one attached hydrogen (secondary N) is 1. The molecule has 0 radical (unpaired) electrons. The summed E-state index contributed by atoms with van der Waals surface area (Å²) in [5.74, 6) is 0.674. The summed E-state index contributed by atoms with van der Waals surface area (Å²) in [5, 5.41) is 2.95. The first kappa shape index (κ1) is 18.1. The molecule has 0 saturated heterocycles. The van der Waals surface area contributed by atoms with Crippen molar-refractivity contribution < 1.29 is 9.53 Å². The number of carbonyl (C=O) groups is 1. The van der Waals surface area contributed by atoms with Crippen LogP contribution in [0.1, 0.15) is 35.6 Å². The van der Waals surface area contributed by atoms with E-state index in [2.05, 4.69) is 42.6 Å². The maximum absolute atomic E-state index is 12.1. The van der Waals surface area contributed by atoms with E-state index >= 15 is 0 Å². The van der Waals surface area contributed by atoms with Gasteiger partial charge in [-0.2, -0.15) is 0 Å². The molecule has 1 N–H and O–H groups in total. The summed E-state index contributed by atoms with van der Waals surface area (Å²) in [6, 6.07) is 14.5. The Morgan fingerprint density at radius 3 is 2.25 bits per heavy atom. The highest BCUT2D eigenvalue weighted by Gasteiger charge is 2.14. The molecule has 0 bridgehead atoms. The number of rotatable bonds is 7. The SMILES string of the molecule is Cc1ccc(CCCNC(=O)C(C)Oc2cc(C)cc(C)c2)cc1. The molecule has 3 nitrogen and oxygen atoms in total. The molecule has 2 aromatic rings. The second-order valence-corrected chi connectivity index (χ2v) is 6.46. The summed E-state index contributed by atoms with van der Waals surface area (Å²) in [4.78, 5) is 12.1. The van der Waals surface area contributed by atoms with Crippen LogP contribution >= 0.6 is 0 Å². The highest BCUT2D eigenvalue weighted by molar-refractivity contribution is 5.80. The Hall–Kier alpha value is -2.29. The summed E-state index contributed by atoms with van der Waals surface area (Å²) >= 11 is 0. The van der Waals surface area contributed by atoms with Crippen LogP contribution in [0.3, 0.4) is 0 Å². The molecular formula is C21H27NO2. The molecule has 0 aromatic heterocycles. The van der Waals surface area contributed by atoms with Crippen LogP contribution in [0, 0.1) is 20.8 Å². The van der Waals surface area contributed by atoms with Crippen LogP contribution in [-0.4, -0.2) is 18.6 Å². The third kappa shape index (κ3) is 5.73. The Balaban J connectivity index is 1.74. The van der Waals surface area contributed by atoms with Gasteiger partial charge in [-0.25, -0.2) is 0 Å². The van der Waals surface area contributed by atoms with Crippen LogP contribution in [0.2, 0.25) is 0 Å². The number of carbonyl (C=O) groups excluding carboxylic acids is 1. The van der Waals surface area contributed by atoms with Crippen molar-refractivity contribution in [1.82, 2.24) is 5.32 Å². The minimum atomic E-state index is -0.495. The van der Waals surface area contributed by atoms with Crippen LogP contribution in [0.4, 0.5) is 0 Å². The van der Waals surface area contributed by atoms with Crippen molar-refractivity contribution in [2.24, 2.45) is 0 Å². The summed E-state index contributed by atoms with van der Waals surface area (Å²) in [5.41, 5.74) is 4.84.